The molecule has 19 heavy (non-hydrogen) atoms. The standard InChI is InChI=1S/C12H20O6S/c1-4-12(2,3)11(14)17-7-10(13)18-9-5-6-19(15,16)8-9/h9H,4-8H2,1-3H3. The molecule has 1 aliphatic heterocycles. The Morgan fingerprint density at radius 1 is 1.32 bits per heavy atom. The molecule has 0 amide bonds. The van der Waals surface area contributed by atoms with Crippen LogP contribution in [0, 0.1) is 5.41 Å². The van der Waals surface area contributed by atoms with Crippen molar-refractivity contribution in [1.29, 1.82) is 0 Å². The molecule has 0 N–H and O–H groups in total. The lowest BCUT2D eigenvalue weighted by molar-refractivity contribution is -0.166. The van der Waals surface area contributed by atoms with Gasteiger partial charge in [0, 0.05) is 0 Å². The number of rotatable bonds is 5. The fourth-order valence-corrected chi connectivity index (χ4v) is 3.13. The number of ether oxygens (including phenoxy) is 2. The maximum atomic E-state index is 11.6. The molecule has 0 aromatic rings. The lowest BCUT2D eigenvalue weighted by atomic mass is 9.91. The summed E-state index contributed by atoms with van der Waals surface area (Å²) in [5.41, 5.74) is -0.642. The summed E-state index contributed by atoms with van der Waals surface area (Å²) in [6.07, 6.45) is 0.292. The van der Waals surface area contributed by atoms with Gasteiger partial charge in [-0.3, -0.25) is 4.79 Å². The second-order valence-electron chi connectivity index (χ2n) is 5.33. The van der Waals surface area contributed by atoms with E-state index in [1.807, 2.05) is 6.92 Å². The highest BCUT2D eigenvalue weighted by Gasteiger charge is 2.32. The van der Waals surface area contributed by atoms with Crippen LogP contribution in [0.4, 0.5) is 0 Å². The minimum atomic E-state index is -3.08. The molecule has 6 nitrogen and oxygen atoms in total. The molecule has 0 aromatic carbocycles. The quantitative estimate of drug-likeness (QED) is 0.693. The highest BCUT2D eigenvalue weighted by atomic mass is 32.2. The van der Waals surface area contributed by atoms with Gasteiger partial charge in [0.2, 0.25) is 0 Å². The third-order valence-electron chi connectivity index (χ3n) is 3.25. The van der Waals surface area contributed by atoms with Crippen LogP contribution in [-0.2, 0) is 28.9 Å². The Hall–Kier alpha value is -1.11. The van der Waals surface area contributed by atoms with Crippen molar-refractivity contribution in [1.82, 2.24) is 0 Å². The lowest BCUT2D eigenvalue weighted by Crippen LogP contribution is -2.29. The first-order chi connectivity index (χ1) is 8.66. The molecule has 0 radical (unpaired) electrons. The molecule has 0 aliphatic carbocycles. The molecule has 1 fully saturated rings. The predicted octanol–water partition coefficient (Wildman–Crippen LogP) is 0.696. The van der Waals surface area contributed by atoms with Crippen LogP contribution in [0.3, 0.4) is 0 Å². The smallest absolute Gasteiger partial charge is 0.344 e. The zero-order valence-electron chi connectivity index (χ0n) is 11.5. The number of hydrogen-bond donors (Lipinski definition) is 0. The summed E-state index contributed by atoms with van der Waals surface area (Å²) in [6.45, 7) is 4.83. The fourth-order valence-electron chi connectivity index (χ4n) is 1.54. The second kappa shape index (κ2) is 5.90. The van der Waals surface area contributed by atoms with Gasteiger partial charge in [0.05, 0.1) is 16.9 Å². The third-order valence-corrected chi connectivity index (χ3v) is 4.98. The molecule has 1 atom stereocenters. The van der Waals surface area contributed by atoms with E-state index in [0.29, 0.717) is 12.8 Å². The van der Waals surface area contributed by atoms with Gasteiger partial charge in [-0.1, -0.05) is 6.92 Å². The Bertz CT molecular complexity index is 451. The van der Waals surface area contributed by atoms with Gasteiger partial charge in [0.1, 0.15) is 6.10 Å². The summed E-state index contributed by atoms with van der Waals surface area (Å²) in [4.78, 5) is 23.1. The maximum Gasteiger partial charge on any atom is 0.344 e. The summed E-state index contributed by atoms with van der Waals surface area (Å²) < 4.78 is 32.2. The molecule has 0 bridgehead atoms. The van der Waals surface area contributed by atoms with Gasteiger partial charge in [-0.05, 0) is 26.7 Å². The summed E-state index contributed by atoms with van der Waals surface area (Å²) in [6, 6.07) is 0. The predicted molar refractivity (Wildman–Crippen MR) is 68.2 cm³/mol. The second-order valence-corrected chi connectivity index (χ2v) is 7.56. The molecule has 1 unspecified atom stereocenters. The van der Waals surface area contributed by atoms with E-state index < -0.39 is 39.9 Å². The van der Waals surface area contributed by atoms with Crippen molar-refractivity contribution in [2.75, 3.05) is 18.1 Å². The molecule has 1 heterocycles. The summed E-state index contributed by atoms with van der Waals surface area (Å²) in [5.74, 6) is -1.28. The minimum Gasteiger partial charge on any atom is -0.459 e. The molecule has 1 aliphatic rings. The molecule has 0 saturated carbocycles. The number of sulfone groups is 1. The van der Waals surface area contributed by atoms with E-state index in [1.165, 1.54) is 0 Å². The molecular formula is C12H20O6S. The van der Waals surface area contributed by atoms with Crippen LogP contribution in [0.5, 0.6) is 0 Å². The maximum absolute atomic E-state index is 11.6. The molecule has 0 spiro atoms. The van der Waals surface area contributed by atoms with Gasteiger partial charge in [0.15, 0.2) is 16.4 Å². The Morgan fingerprint density at radius 3 is 2.42 bits per heavy atom. The zero-order valence-corrected chi connectivity index (χ0v) is 12.3. The van der Waals surface area contributed by atoms with Crippen molar-refractivity contribution >= 4 is 21.8 Å². The molecular weight excluding hydrogens is 272 g/mol. The molecule has 7 heteroatoms. The first-order valence-electron chi connectivity index (χ1n) is 6.23. The average Bonchev–Trinajstić information content (AvgIpc) is 2.65. The number of esters is 2. The van der Waals surface area contributed by atoms with Crippen molar-refractivity contribution in [3.63, 3.8) is 0 Å². The Kier molecular flexibility index (Phi) is 4.95. The van der Waals surface area contributed by atoms with Crippen molar-refractivity contribution in [3.05, 3.63) is 0 Å². The lowest BCUT2D eigenvalue weighted by Gasteiger charge is -2.20. The number of carbonyl (C=O) groups is 2. The van der Waals surface area contributed by atoms with Crippen LogP contribution >= 0.6 is 0 Å². The van der Waals surface area contributed by atoms with Gasteiger partial charge >= 0.3 is 11.9 Å². The monoisotopic (exact) mass is 292 g/mol. The van der Waals surface area contributed by atoms with Gasteiger partial charge in [0.25, 0.3) is 0 Å². The van der Waals surface area contributed by atoms with E-state index in [-0.39, 0.29) is 11.5 Å². The summed E-state index contributed by atoms with van der Waals surface area (Å²) in [7, 11) is -3.08. The van der Waals surface area contributed by atoms with Gasteiger partial charge < -0.3 is 9.47 Å². The summed E-state index contributed by atoms with van der Waals surface area (Å²) >= 11 is 0. The molecule has 1 rings (SSSR count). The van der Waals surface area contributed by atoms with E-state index >= 15 is 0 Å². The van der Waals surface area contributed by atoms with Crippen LogP contribution in [0.1, 0.15) is 33.6 Å². The first-order valence-corrected chi connectivity index (χ1v) is 8.05. The average molecular weight is 292 g/mol. The number of hydrogen-bond acceptors (Lipinski definition) is 6. The highest BCUT2D eigenvalue weighted by molar-refractivity contribution is 7.91. The zero-order chi connectivity index (χ0) is 14.7. The van der Waals surface area contributed by atoms with Crippen LogP contribution < -0.4 is 0 Å². The van der Waals surface area contributed by atoms with Crippen LogP contribution in [0.2, 0.25) is 0 Å². The first kappa shape index (κ1) is 15.9. The van der Waals surface area contributed by atoms with Gasteiger partial charge in [-0.15, -0.1) is 0 Å². The largest absolute Gasteiger partial charge is 0.459 e. The SMILES string of the molecule is CCC(C)(C)C(=O)OCC(=O)OC1CCS(=O)(=O)C1. The van der Waals surface area contributed by atoms with Crippen LogP contribution in [-0.4, -0.2) is 44.6 Å². The van der Waals surface area contributed by atoms with Crippen molar-refractivity contribution in [2.45, 2.75) is 39.7 Å². The topological polar surface area (TPSA) is 86.7 Å². The number of carbonyl (C=O) groups excluding carboxylic acids is 2. The van der Waals surface area contributed by atoms with Crippen molar-refractivity contribution < 1.29 is 27.5 Å². The minimum absolute atomic E-state index is 0.0353. The van der Waals surface area contributed by atoms with Crippen molar-refractivity contribution in [3.8, 4) is 0 Å². The fraction of sp³-hybridized carbons (Fsp3) is 0.833. The summed E-state index contributed by atoms with van der Waals surface area (Å²) in [5, 5.41) is 0. The van der Waals surface area contributed by atoms with E-state index in [1.54, 1.807) is 13.8 Å². The van der Waals surface area contributed by atoms with Gasteiger partial charge in [-0.25, -0.2) is 13.2 Å². The Labute approximate surface area is 113 Å². The van der Waals surface area contributed by atoms with E-state index in [0.717, 1.165) is 0 Å². The van der Waals surface area contributed by atoms with Gasteiger partial charge in [-0.2, -0.15) is 0 Å². The Balaban J connectivity index is 2.35. The molecule has 1 saturated heterocycles. The molecule has 0 aromatic heterocycles. The highest BCUT2D eigenvalue weighted by Crippen LogP contribution is 2.21. The Morgan fingerprint density at radius 2 is 1.95 bits per heavy atom. The molecule has 110 valence electrons. The van der Waals surface area contributed by atoms with Crippen molar-refractivity contribution in [2.24, 2.45) is 5.41 Å². The van der Waals surface area contributed by atoms with Crippen LogP contribution in [0.25, 0.3) is 0 Å². The van der Waals surface area contributed by atoms with E-state index in [4.69, 9.17) is 9.47 Å². The van der Waals surface area contributed by atoms with Crippen LogP contribution in [0.15, 0.2) is 0 Å². The third kappa shape index (κ3) is 4.81. The van der Waals surface area contributed by atoms with E-state index in [9.17, 15) is 18.0 Å². The van der Waals surface area contributed by atoms with E-state index in [2.05, 4.69) is 0 Å². The normalized spacial score (nSPS) is 21.9.